The van der Waals surface area contributed by atoms with Crippen molar-refractivity contribution in [3.63, 3.8) is 0 Å². The first-order valence-corrected chi connectivity index (χ1v) is 5.21. The molecule has 0 heterocycles. The number of hydrogen-bond donors (Lipinski definition) is 1. The maximum Gasteiger partial charge on any atom is 0.337 e. The van der Waals surface area contributed by atoms with E-state index >= 15 is 0 Å². The predicted octanol–water partition coefficient (Wildman–Crippen LogP) is 2.76. The third-order valence-electron chi connectivity index (χ3n) is 2.23. The van der Waals surface area contributed by atoms with E-state index in [1.54, 1.807) is 18.2 Å². The zero-order valence-corrected chi connectivity index (χ0v) is 10.5. The average Bonchev–Trinajstić information content (AvgIpc) is 2.27. The highest BCUT2D eigenvalue weighted by atomic mass is 35.5. The first kappa shape index (κ1) is 13.4. The van der Waals surface area contributed by atoms with Gasteiger partial charge in [-0.1, -0.05) is 17.7 Å². The third-order valence-corrected chi connectivity index (χ3v) is 2.42. The molecule has 1 aromatic rings. The SMILES string of the molecule is COc1ccc(/C(C(=O)O)=C(/C)Cl)cc1OC. The number of ether oxygens (including phenoxy) is 2. The smallest absolute Gasteiger partial charge is 0.337 e. The Morgan fingerprint density at radius 3 is 2.24 bits per heavy atom. The van der Waals surface area contributed by atoms with E-state index in [0.717, 1.165) is 0 Å². The molecule has 92 valence electrons. The Bertz CT molecular complexity index is 462. The minimum absolute atomic E-state index is 0.0487. The first-order valence-electron chi connectivity index (χ1n) is 4.83. The van der Waals surface area contributed by atoms with Gasteiger partial charge in [0, 0.05) is 5.03 Å². The largest absolute Gasteiger partial charge is 0.493 e. The summed E-state index contributed by atoms with van der Waals surface area (Å²) < 4.78 is 10.2. The molecule has 4 nitrogen and oxygen atoms in total. The molecule has 0 fully saturated rings. The van der Waals surface area contributed by atoms with Crippen molar-refractivity contribution in [2.75, 3.05) is 14.2 Å². The van der Waals surface area contributed by atoms with Crippen LogP contribution in [-0.2, 0) is 4.79 Å². The number of carbonyl (C=O) groups is 1. The fourth-order valence-corrected chi connectivity index (χ4v) is 1.65. The fourth-order valence-electron chi connectivity index (χ4n) is 1.46. The molecule has 0 saturated heterocycles. The van der Waals surface area contributed by atoms with Gasteiger partial charge in [0.25, 0.3) is 0 Å². The molecule has 0 saturated carbocycles. The highest BCUT2D eigenvalue weighted by Gasteiger charge is 2.15. The summed E-state index contributed by atoms with van der Waals surface area (Å²) in [5.41, 5.74) is 0.523. The summed E-state index contributed by atoms with van der Waals surface area (Å²) >= 11 is 5.77. The first-order chi connectivity index (χ1) is 8.01. The van der Waals surface area contributed by atoms with Crippen molar-refractivity contribution < 1.29 is 19.4 Å². The van der Waals surface area contributed by atoms with Crippen molar-refractivity contribution in [1.82, 2.24) is 0 Å². The lowest BCUT2D eigenvalue weighted by molar-refractivity contribution is -0.130. The van der Waals surface area contributed by atoms with E-state index in [4.69, 9.17) is 26.2 Å². The van der Waals surface area contributed by atoms with Crippen LogP contribution in [0.2, 0.25) is 0 Å². The average molecular weight is 257 g/mol. The van der Waals surface area contributed by atoms with E-state index < -0.39 is 5.97 Å². The second kappa shape index (κ2) is 5.59. The summed E-state index contributed by atoms with van der Waals surface area (Å²) in [5, 5.41) is 9.29. The quantitative estimate of drug-likeness (QED) is 0.842. The molecule has 5 heteroatoms. The maximum absolute atomic E-state index is 11.1. The highest BCUT2D eigenvalue weighted by molar-refractivity contribution is 6.38. The Kier molecular flexibility index (Phi) is 4.40. The molecular formula is C12H13ClO4. The normalized spacial score (nSPS) is 11.8. The molecule has 17 heavy (non-hydrogen) atoms. The molecule has 0 unspecified atom stereocenters. The molecular weight excluding hydrogens is 244 g/mol. The third kappa shape index (κ3) is 2.91. The van der Waals surface area contributed by atoms with E-state index in [1.165, 1.54) is 21.1 Å². The van der Waals surface area contributed by atoms with Gasteiger partial charge in [-0.05, 0) is 24.6 Å². The van der Waals surface area contributed by atoms with Crippen molar-refractivity contribution in [2.24, 2.45) is 0 Å². The van der Waals surface area contributed by atoms with Crippen LogP contribution >= 0.6 is 11.6 Å². The van der Waals surface area contributed by atoms with E-state index in [9.17, 15) is 4.79 Å². The monoisotopic (exact) mass is 256 g/mol. The number of hydrogen-bond acceptors (Lipinski definition) is 3. The van der Waals surface area contributed by atoms with Gasteiger partial charge < -0.3 is 14.6 Å². The Balaban J connectivity index is 3.33. The second-order valence-electron chi connectivity index (χ2n) is 3.28. The summed E-state index contributed by atoms with van der Waals surface area (Å²) in [4.78, 5) is 11.1. The summed E-state index contributed by atoms with van der Waals surface area (Å²) in [5.74, 6) is -0.0837. The van der Waals surface area contributed by atoms with Gasteiger partial charge in [0.2, 0.25) is 0 Å². The Morgan fingerprint density at radius 2 is 1.82 bits per heavy atom. The predicted molar refractivity (Wildman–Crippen MR) is 65.6 cm³/mol. The van der Waals surface area contributed by atoms with Crippen LogP contribution in [0.1, 0.15) is 12.5 Å². The lowest BCUT2D eigenvalue weighted by Crippen LogP contribution is -2.02. The van der Waals surface area contributed by atoms with E-state index in [2.05, 4.69) is 0 Å². The molecule has 1 aromatic carbocycles. The lowest BCUT2D eigenvalue weighted by atomic mass is 10.1. The Labute approximate surface area is 104 Å². The van der Waals surface area contributed by atoms with Gasteiger partial charge in [-0.15, -0.1) is 0 Å². The lowest BCUT2D eigenvalue weighted by Gasteiger charge is -2.10. The van der Waals surface area contributed by atoms with Gasteiger partial charge in [-0.25, -0.2) is 4.79 Å². The number of benzene rings is 1. The molecule has 1 rings (SSSR count). The minimum atomic E-state index is -1.08. The maximum atomic E-state index is 11.1. The number of allylic oxidation sites excluding steroid dienone is 1. The van der Waals surface area contributed by atoms with Crippen LogP contribution in [0.4, 0.5) is 0 Å². The van der Waals surface area contributed by atoms with Gasteiger partial charge in [0.15, 0.2) is 11.5 Å². The zero-order valence-electron chi connectivity index (χ0n) is 9.78. The molecule has 0 aromatic heterocycles. The van der Waals surface area contributed by atoms with E-state index in [0.29, 0.717) is 17.1 Å². The highest BCUT2D eigenvalue weighted by Crippen LogP contribution is 2.32. The van der Waals surface area contributed by atoms with E-state index in [1.807, 2.05) is 0 Å². The number of methoxy groups -OCH3 is 2. The molecule has 1 N–H and O–H groups in total. The molecule has 0 aliphatic rings. The van der Waals surface area contributed by atoms with Gasteiger partial charge in [-0.3, -0.25) is 0 Å². The number of carboxylic acid groups (broad SMARTS) is 1. The van der Waals surface area contributed by atoms with Crippen molar-refractivity contribution in [3.05, 3.63) is 28.8 Å². The molecule has 0 atom stereocenters. The summed E-state index contributed by atoms with van der Waals surface area (Å²) in [6.45, 7) is 1.53. The van der Waals surface area contributed by atoms with Crippen LogP contribution < -0.4 is 9.47 Å². The van der Waals surface area contributed by atoms with Crippen molar-refractivity contribution >= 4 is 23.1 Å². The van der Waals surface area contributed by atoms with Gasteiger partial charge in [0.05, 0.1) is 19.8 Å². The van der Waals surface area contributed by atoms with Gasteiger partial charge in [-0.2, -0.15) is 0 Å². The van der Waals surface area contributed by atoms with E-state index in [-0.39, 0.29) is 10.6 Å². The van der Waals surface area contributed by atoms with Crippen LogP contribution in [-0.4, -0.2) is 25.3 Å². The van der Waals surface area contributed by atoms with Crippen LogP contribution in [0.25, 0.3) is 5.57 Å². The molecule has 0 spiro atoms. The van der Waals surface area contributed by atoms with Crippen molar-refractivity contribution in [3.8, 4) is 11.5 Å². The van der Waals surface area contributed by atoms with Crippen LogP contribution in [0, 0.1) is 0 Å². The number of carboxylic acids is 1. The summed E-state index contributed by atoms with van der Waals surface area (Å²) in [6, 6.07) is 4.84. The van der Waals surface area contributed by atoms with Gasteiger partial charge in [0.1, 0.15) is 0 Å². The minimum Gasteiger partial charge on any atom is -0.493 e. The van der Waals surface area contributed by atoms with Gasteiger partial charge >= 0.3 is 5.97 Å². The molecule has 0 aliphatic heterocycles. The number of rotatable bonds is 4. The number of aliphatic carboxylic acids is 1. The zero-order chi connectivity index (χ0) is 13.0. The number of halogens is 1. The Morgan fingerprint density at radius 1 is 1.24 bits per heavy atom. The van der Waals surface area contributed by atoms with Crippen LogP contribution in [0.15, 0.2) is 23.2 Å². The second-order valence-corrected chi connectivity index (χ2v) is 3.85. The van der Waals surface area contributed by atoms with Crippen LogP contribution in [0.5, 0.6) is 11.5 Å². The summed E-state index contributed by atoms with van der Waals surface area (Å²) in [6.07, 6.45) is 0. The molecule has 0 radical (unpaired) electrons. The molecule has 0 aliphatic carbocycles. The fraction of sp³-hybridized carbons (Fsp3) is 0.250. The van der Waals surface area contributed by atoms with Crippen LogP contribution in [0.3, 0.4) is 0 Å². The standard InChI is InChI=1S/C12H13ClO4/c1-7(13)11(12(14)15)8-4-5-9(16-2)10(6-8)17-3/h4-6H,1-3H3,(H,14,15)/b11-7+. The van der Waals surface area contributed by atoms with Crippen molar-refractivity contribution in [2.45, 2.75) is 6.92 Å². The Hall–Kier alpha value is -1.68. The van der Waals surface area contributed by atoms with Crippen molar-refractivity contribution in [1.29, 1.82) is 0 Å². The topological polar surface area (TPSA) is 55.8 Å². The molecule has 0 bridgehead atoms. The molecule has 0 amide bonds. The summed E-state index contributed by atoms with van der Waals surface area (Å²) in [7, 11) is 3.00.